The van der Waals surface area contributed by atoms with Crippen molar-refractivity contribution in [3.8, 4) is 0 Å². The smallest absolute Gasteiger partial charge is 0.328 e. The number of rotatable bonds is 48. The second-order valence-corrected chi connectivity index (χ2v) is 18.0. The van der Waals surface area contributed by atoms with Gasteiger partial charge in [0.15, 0.2) is 0 Å². The van der Waals surface area contributed by atoms with Gasteiger partial charge in [-0.1, -0.05) is 226 Å². The molecular formula is C51H98N2O7. The fraction of sp³-hybridized carbons (Fsp3) is 0.922. The molecule has 0 aromatic rings. The molecule has 0 aliphatic rings. The van der Waals surface area contributed by atoms with Crippen molar-refractivity contribution in [3.63, 3.8) is 0 Å². The molecule has 0 spiro atoms. The minimum Gasteiger partial charge on any atom is -0.480 e. The second kappa shape index (κ2) is 46.3. The Labute approximate surface area is 369 Å². The minimum atomic E-state index is -1.38. The number of hydrogen-bond donors (Lipinski definition) is 4. The third kappa shape index (κ3) is 42.5. The van der Waals surface area contributed by atoms with Crippen LogP contribution in [-0.2, 0) is 23.9 Å². The standard InChI is InChI=1S/C51H98N2O7/c1-3-5-7-9-11-13-15-17-19-20-21-22-24-26-28-30-35-39-43-50(57)60-46(40-36-32-29-27-25-23-18-16-14-12-10-8-6-4-2)41-37-33-31-34-38-42-48(55)52-44-49(56)53-47(45-54)51(58)59/h46-47,54H,3-45H2,1-2H3,(H,52,55)(H,53,56)(H,58,59). The van der Waals surface area contributed by atoms with Gasteiger partial charge in [-0.25, -0.2) is 4.79 Å². The van der Waals surface area contributed by atoms with E-state index in [1.807, 2.05) is 0 Å². The first kappa shape index (κ1) is 57.8. The number of esters is 1. The second-order valence-electron chi connectivity index (χ2n) is 18.0. The lowest BCUT2D eigenvalue weighted by Gasteiger charge is -2.18. The number of carbonyl (C=O) groups excluding carboxylic acids is 3. The first-order valence-corrected chi connectivity index (χ1v) is 25.9. The predicted octanol–water partition coefficient (Wildman–Crippen LogP) is 13.6. The molecule has 0 aromatic carbocycles. The van der Waals surface area contributed by atoms with E-state index in [9.17, 15) is 19.2 Å². The molecule has 0 fully saturated rings. The number of aliphatic hydroxyl groups is 1. The molecule has 2 amide bonds. The number of unbranched alkanes of at least 4 members (excludes halogenated alkanes) is 34. The summed E-state index contributed by atoms with van der Waals surface area (Å²) in [6.07, 6.45) is 50.0. The Morgan fingerprint density at radius 2 is 0.750 bits per heavy atom. The molecule has 2 atom stereocenters. The molecule has 0 saturated carbocycles. The Kier molecular flexibility index (Phi) is 44.7. The SMILES string of the molecule is CCCCCCCCCCCCCCCCCCCCC(=O)OC(CCCCCCCCCCCCCCCC)CCCCCCCC(=O)NCC(=O)NC(CO)C(=O)O. The van der Waals surface area contributed by atoms with E-state index in [0.717, 1.165) is 57.8 Å². The van der Waals surface area contributed by atoms with Crippen LogP contribution in [0, 0.1) is 0 Å². The molecule has 0 heterocycles. The third-order valence-corrected chi connectivity index (χ3v) is 12.1. The van der Waals surface area contributed by atoms with Crippen LogP contribution in [0.1, 0.15) is 277 Å². The average Bonchev–Trinajstić information content (AvgIpc) is 3.23. The van der Waals surface area contributed by atoms with Crippen LogP contribution in [0.2, 0.25) is 0 Å². The number of aliphatic hydroxyl groups excluding tert-OH is 1. The molecule has 0 saturated heterocycles. The molecule has 0 aromatic heterocycles. The van der Waals surface area contributed by atoms with E-state index in [1.165, 1.54) is 186 Å². The molecule has 60 heavy (non-hydrogen) atoms. The zero-order chi connectivity index (χ0) is 44.0. The summed E-state index contributed by atoms with van der Waals surface area (Å²) < 4.78 is 6.08. The topological polar surface area (TPSA) is 142 Å². The molecule has 0 aliphatic carbocycles. The summed E-state index contributed by atoms with van der Waals surface area (Å²) in [6.45, 7) is 3.53. The fourth-order valence-corrected chi connectivity index (χ4v) is 8.13. The van der Waals surface area contributed by atoms with Gasteiger partial charge in [0, 0.05) is 12.8 Å². The Bertz CT molecular complexity index is 977. The van der Waals surface area contributed by atoms with Crippen LogP contribution >= 0.6 is 0 Å². The van der Waals surface area contributed by atoms with Gasteiger partial charge in [-0.3, -0.25) is 14.4 Å². The molecule has 9 nitrogen and oxygen atoms in total. The van der Waals surface area contributed by atoms with Gasteiger partial charge in [-0.2, -0.15) is 0 Å². The highest BCUT2D eigenvalue weighted by Gasteiger charge is 2.19. The summed E-state index contributed by atoms with van der Waals surface area (Å²) in [5.74, 6) is -2.26. The van der Waals surface area contributed by atoms with Gasteiger partial charge >= 0.3 is 11.9 Å². The number of amides is 2. The van der Waals surface area contributed by atoms with Crippen molar-refractivity contribution in [2.75, 3.05) is 13.2 Å². The molecule has 354 valence electrons. The van der Waals surface area contributed by atoms with Crippen LogP contribution < -0.4 is 10.6 Å². The van der Waals surface area contributed by atoms with Crippen molar-refractivity contribution in [3.05, 3.63) is 0 Å². The van der Waals surface area contributed by atoms with Crippen molar-refractivity contribution in [2.24, 2.45) is 0 Å². The molecule has 0 rings (SSSR count). The normalized spacial score (nSPS) is 12.3. The van der Waals surface area contributed by atoms with Gasteiger partial charge in [-0.15, -0.1) is 0 Å². The van der Waals surface area contributed by atoms with Crippen molar-refractivity contribution < 1.29 is 34.1 Å². The number of carbonyl (C=O) groups is 4. The Hall–Kier alpha value is -2.16. The first-order valence-electron chi connectivity index (χ1n) is 25.9. The average molecular weight is 851 g/mol. The van der Waals surface area contributed by atoms with Crippen molar-refractivity contribution >= 4 is 23.8 Å². The van der Waals surface area contributed by atoms with E-state index < -0.39 is 24.5 Å². The van der Waals surface area contributed by atoms with Gasteiger partial charge in [0.1, 0.15) is 12.1 Å². The maximum atomic E-state index is 12.9. The van der Waals surface area contributed by atoms with E-state index in [2.05, 4.69) is 24.5 Å². The largest absolute Gasteiger partial charge is 0.480 e. The van der Waals surface area contributed by atoms with Crippen LogP contribution in [0.3, 0.4) is 0 Å². The maximum Gasteiger partial charge on any atom is 0.328 e. The first-order chi connectivity index (χ1) is 29.3. The van der Waals surface area contributed by atoms with Crippen LogP contribution in [0.4, 0.5) is 0 Å². The van der Waals surface area contributed by atoms with Crippen LogP contribution in [0.5, 0.6) is 0 Å². The zero-order valence-electron chi connectivity index (χ0n) is 39.5. The van der Waals surface area contributed by atoms with Gasteiger partial charge in [0.25, 0.3) is 0 Å². The highest BCUT2D eigenvalue weighted by atomic mass is 16.5. The molecular weight excluding hydrogens is 753 g/mol. The molecule has 9 heteroatoms. The summed E-state index contributed by atoms with van der Waals surface area (Å²) in [7, 11) is 0. The Morgan fingerprint density at radius 3 is 1.08 bits per heavy atom. The molecule has 0 aliphatic heterocycles. The zero-order valence-corrected chi connectivity index (χ0v) is 39.5. The van der Waals surface area contributed by atoms with Crippen molar-refractivity contribution in [1.82, 2.24) is 10.6 Å². The van der Waals surface area contributed by atoms with Crippen molar-refractivity contribution in [2.45, 2.75) is 289 Å². The van der Waals surface area contributed by atoms with Crippen LogP contribution in [0.25, 0.3) is 0 Å². The lowest BCUT2D eigenvalue weighted by atomic mass is 10.0. The number of nitrogens with one attached hydrogen (secondary N) is 2. The van der Waals surface area contributed by atoms with E-state index in [-0.39, 0.29) is 24.5 Å². The lowest BCUT2D eigenvalue weighted by Crippen LogP contribution is -2.47. The monoisotopic (exact) mass is 851 g/mol. The van der Waals surface area contributed by atoms with E-state index in [4.69, 9.17) is 14.9 Å². The van der Waals surface area contributed by atoms with Gasteiger partial charge in [0.05, 0.1) is 13.2 Å². The molecule has 2 unspecified atom stereocenters. The van der Waals surface area contributed by atoms with Crippen LogP contribution in [0.15, 0.2) is 0 Å². The third-order valence-electron chi connectivity index (χ3n) is 12.1. The number of ether oxygens (including phenoxy) is 1. The Balaban J connectivity index is 4.23. The number of aliphatic carboxylic acids is 1. The van der Waals surface area contributed by atoms with E-state index in [0.29, 0.717) is 19.3 Å². The summed E-state index contributed by atoms with van der Waals surface area (Å²) in [5.41, 5.74) is 0. The highest BCUT2D eigenvalue weighted by molar-refractivity contribution is 5.87. The molecule has 4 N–H and O–H groups in total. The highest BCUT2D eigenvalue weighted by Crippen LogP contribution is 2.20. The van der Waals surface area contributed by atoms with Gasteiger partial charge in [-0.05, 0) is 38.5 Å². The summed E-state index contributed by atoms with van der Waals surface area (Å²) >= 11 is 0. The lowest BCUT2D eigenvalue weighted by molar-refractivity contribution is -0.150. The molecule has 0 radical (unpaired) electrons. The number of hydrogen-bond acceptors (Lipinski definition) is 6. The summed E-state index contributed by atoms with van der Waals surface area (Å²) in [4.78, 5) is 47.8. The van der Waals surface area contributed by atoms with Crippen molar-refractivity contribution in [1.29, 1.82) is 0 Å². The fourth-order valence-electron chi connectivity index (χ4n) is 8.13. The summed E-state index contributed by atoms with van der Waals surface area (Å²) in [5, 5.41) is 22.6. The summed E-state index contributed by atoms with van der Waals surface area (Å²) in [6, 6.07) is -1.38. The van der Waals surface area contributed by atoms with Crippen LogP contribution in [-0.4, -0.2) is 59.3 Å². The quantitative estimate of drug-likeness (QED) is 0.0353. The van der Waals surface area contributed by atoms with E-state index >= 15 is 0 Å². The predicted molar refractivity (Wildman–Crippen MR) is 250 cm³/mol. The van der Waals surface area contributed by atoms with Gasteiger partial charge < -0.3 is 25.6 Å². The minimum absolute atomic E-state index is 0.00569. The maximum absolute atomic E-state index is 12.9. The molecule has 0 bridgehead atoms. The Morgan fingerprint density at radius 1 is 0.433 bits per heavy atom. The van der Waals surface area contributed by atoms with Gasteiger partial charge in [0.2, 0.25) is 11.8 Å². The van der Waals surface area contributed by atoms with E-state index in [1.54, 1.807) is 0 Å². The number of carboxylic acid groups (broad SMARTS) is 1. The number of carboxylic acids is 1.